The van der Waals surface area contributed by atoms with Crippen molar-refractivity contribution in [1.82, 2.24) is 0 Å². The van der Waals surface area contributed by atoms with E-state index in [1.807, 2.05) is 0 Å². The third-order valence-electron chi connectivity index (χ3n) is 1.75. The second kappa shape index (κ2) is 5.62. The number of hydrazone groups is 1. The highest BCUT2D eigenvalue weighted by atomic mass is 35.5. The molecule has 1 aromatic carbocycles. The average Bonchev–Trinajstić information content (AvgIpc) is 2.33. The van der Waals surface area contributed by atoms with E-state index in [1.165, 1.54) is 6.07 Å². The van der Waals surface area contributed by atoms with Crippen molar-refractivity contribution >= 4 is 40.4 Å². The van der Waals surface area contributed by atoms with Gasteiger partial charge in [0, 0.05) is 6.07 Å². The minimum absolute atomic E-state index is 0.245. The van der Waals surface area contributed by atoms with Gasteiger partial charge in [-0.25, -0.2) is 8.78 Å². The Morgan fingerprint density at radius 3 is 2.56 bits per heavy atom. The fourth-order valence-electron chi connectivity index (χ4n) is 0.916. The lowest BCUT2D eigenvalue weighted by molar-refractivity contribution is 0.585. The first kappa shape index (κ1) is 14.2. The van der Waals surface area contributed by atoms with Gasteiger partial charge >= 0.3 is 0 Å². The smallest absolute Gasteiger partial charge is 0.201 e. The van der Waals surface area contributed by atoms with Crippen molar-refractivity contribution in [3.8, 4) is 6.07 Å². The van der Waals surface area contributed by atoms with Crippen LogP contribution in [0.25, 0.3) is 0 Å². The maximum Gasteiger partial charge on any atom is 0.201 e. The van der Waals surface area contributed by atoms with Crippen molar-refractivity contribution in [2.24, 2.45) is 10.8 Å². The van der Waals surface area contributed by atoms with Crippen molar-refractivity contribution in [1.29, 1.82) is 10.7 Å². The fourth-order valence-corrected chi connectivity index (χ4v) is 1.30. The Hall–Kier alpha value is -1.91. The molecule has 0 aliphatic heterocycles. The summed E-state index contributed by atoms with van der Waals surface area (Å²) in [6.45, 7) is 0. The number of rotatable bonds is 3. The molecule has 0 aliphatic carbocycles. The molecular weight excluding hydrogens is 287 g/mol. The lowest BCUT2D eigenvalue weighted by atomic mass is 10.3. The molecule has 0 spiro atoms. The third-order valence-corrected chi connectivity index (χ3v) is 2.47. The molecular formula is C9H5Cl2F2N5. The Kier molecular flexibility index (Phi) is 4.42. The molecule has 0 saturated carbocycles. The molecule has 0 unspecified atom stereocenters. The first-order chi connectivity index (χ1) is 8.38. The molecule has 0 bridgehead atoms. The lowest BCUT2D eigenvalue weighted by Gasteiger charge is -2.06. The Morgan fingerprint density at radius 1 is 1.44 bits per heavy atom. The van der Waals surface area contributed by atoms with Gasteiger partial charge < -0.3 is 5.73 Å². The quantitative estimate of drug-likeness (QED) is 0.262. The Labute approximate surface area is 110 Å². The van der Waals surface area contributed by atoms with Crippen molar-refractivity contribution in [3.05, 3.63) is 27.7 Å². The van der Waals surface area contributed by atoms with Crippen LogP contribution in [-0.2, 0) is 0 Å². The number of halogens is 4. The third kappa shape index (κ3) is 2.85. The number of anilines is 1. The van der Waals surface area contributed by atoms with Crippen LogP contribution in [0, 0.1) is 28.4 Å². The number of nitrogens with two attached hydrogens (primary N) is 1. The molecule has 0 amide bonds. The van der Waals surface area contributed by atoms with Crippen LogP contribution in [0.3, 0.4) is 0 Å². The summed E-state index contributed by atoms with van der Waals surface area (Å²) in [5.41, 5.74) is 6.45. The molecule has 5 nitrogen and oxygen atoms in total. The van der Waals surface area contributed by atoms with Crippen molar-refractivity contribution < 1.29 is 8.78 Å². The summed E-state index contributed by atoms with van der Waals surface area (Å²) in [7, 11) is 0. The molecule has 9 heteroatoms. The van der Waals surface area contributed by atoms with Gasteiger partial charge in [-0.1, -0.05) is 23.2 Å². The molecule has 1 rings (SSSR count). The summed E-state index contributed by atoms with van der Waals surface area (Å²) < 4.78 is 26.4. The van der Waals surface area contributed by atoms with E-state index in [1.54, 1.807) is 0 Å². The molecule has 1 aromatic rings. The molecule has 0 saturated heterocycles. The van der Waals surface area contributed by atoms with Crippen LogP contribution in [0.1, 0.15) is 0 Å². The zero-order chi connectivity index (χ0) is 13.9. The summed E-state index contributed by atoms with van der Waals surface area (Å²) in [6, 6.07) is 2.31. The molecule has 0 fully saturated rings. The fraction of sp³-hybridized carbons (Fsp3) is 0. The van der Waals surface area contributed by atoms with Crippen LogP contribution in [0.5, 0.6) is 0 Å². The second-order valence-corrected chi connectivity index (χ2v) is 3.70. The zero-order valence-electron chi connectivity index (χ0n) is 8.56. The Bertz CT molecular complexity index is 579. The first-order valence-corrected chi connectivity index (χ1v) is 5.05. The van der Waals surface area contributed by atoms with Gasteiger partial charge in [-0.05, 0) is 0 Å². The monoisotopic (exact) mass is 291 g/mol. The van der Waals surface area contributed by atoms with Gasteiger partial charge in [0.05, 0.1) is 5.69 Å². The number of nitriles is 1. The lowest BCUT2D eigenvalue weighted by Crippen LogP contribution is -2.21. The number of amidine groups is 1. The zero-order valence-corrected chi connectivity index (χ0v) is 10.1. The van der Waals surface area contributed by atoms with Crippen LogP contribution < -0.4 is 11.2 Å². The number of nitrogens with one attached hydrogen (secondary N) is 2. The van der Waals surface area contributed by atoms with E-state index >= 15 is 0 Å². The molecule has 0 heterocycles. The SMILES string of the molecule is N#C/C(=N\Nc1cc(F)c(Cl)c(F)c1Cl)C(=N)N. The highest BCUT2D eigenvalue weighted by Gasteiger charge is 2.15. The van der Waals surface area contributed by atoms with E-state index in [2.05, 4.69) is 10.5 Å². The highest BCUT2D eigenvalue weighted by molar-refractivity contribution is 6.46. The van der Waals surface area contributed by atoms with Gasteiger partial charge in [-0.3, -0.25) is 10.8 Å². The maximum absolute atomic E-state index is 13.3. The van der Waals surface area contributed by atoms with Crippen LogP contribution in [0.2, 0.25) is 10.0 Å². The summed E-state index contributed by atoms with van der Waals surface area (Å²) in [6.07, 6.45) is 0. The van der Waals surface area contributed by atoms with E-state index in [0.717, 1.165) is 6.07 Å². The molecule has 4 N–H and O–H groups in total. The number of benzene rings is 1. The number of hydrogen-bond acceptors (Lipinski definition) is 4. The molecule has 0 aromatic heterocycles. The van der Waals surface area contributed by atoms with Crippen molar-refractivity contribution in [2.45, 2.75) is 0 Å². The van der Waals surface area contributed by atoms with E-state index in [9.17, 15) is 8.78 Å². The summed E-state index contributed by atoms with van der Waals surface area (Å²) in [5, 5.41) is 17.7. The maximum atomic E-state index is 13.3. The second-order valence-electron chi connectivity index (χ2n) is 2.95. The Balaban J connectivity index is 3.15. The van der Waals surface area contributed by atoms with Gasteiger partial charge in [0.25, 0.3) is 0 Å². The van der Waals surface area contributed by atoms with E-state index < -0.39 is 33.2 Å². The topological polar surface area (TPSA) is 98.0 Å². The van der Waals surface area contributed by atoms with Gasteiger partial charge in [-0.15, -0.1) is 0 Å². The summed E-state index contributed by atoms with van der Waals surface area (Å²) >= 11 is 10.8. The minimum Gasteiger partial charge on any atom is -0.382 e. The largest absolute Gasteiger partial charge is 0.382 e. The van der Waals surface area contributed by atoms with Gasteiger partial charge in [0.15, 0.2) is 11.7 Å². The predicted molar refractivity (Wildman–Crippen MR) is 65.0 cm³/mol. The van der Waals surface area contributed by atoms with E-state index in [-0.39, 0.29) is 5.69 Å². The van der Waals surface area contributed by atoms with E-state index in [4.69, 9.17) is 39.6 Å². The van der Waals surface area contributed by atoms with Crippen molar-refractivity contribution in [3.63, 3.8) is 0 Å². The van der Waals surface area contributed by atoms with Gasteiger partial charge in [0.2, 0.25) is 5.71 Å². The highest BCUT2D eigenvalue weighted by Crippen LogP contribution is 2.32. The number of hydrogen-bond donors (Lipinski definition) is 3. The average molecular weight is 292 g/mol. The molecule has 0 radical (unpaired) electrons. The Morgan fingerprint density at radius 2 is 2.06 bits per heavy atom. The van der Waals surface area contributed by atoms with Crippen molar-refractivity contribution in [2.75, 3.05) is 5.43 Å². The summed E-state index contributed by atoms with van der Waals surface area (Å²) in [4.78, 5) is 0. The van der Waals surface area contributed by atoms with E-state index in [0.29, 0.717) is 0 Å². The molecule has 0 aliphatic rings. The van der Waals surface area contributed by atoms with Crippen LogP contribution in [0.4, 0.5) is 14.5 Å². The van der Waals surface area contributed by atoms with Gasteiger partial charge in [0.1, 0.15) is 21.9 Å². The van der Waals surface area contributed by atoms with Crippen LogP contribution >= 0.6 is 23.2 Å². The molecule has 18 heavy (non-hydrogen) atoms. The molecule has 94 valence electrons. The van der Waals surface area contributed by atoms with Crippen LogP contribution in [0.15, 0.2) is 11.2 Å². The molecule has 0 atom stereocenters. The van der Waals surface area contributed by atoms with Crippen LogP contribution in [-0.4, -0.2) is 11.5 Å². The standard InChI is InChI=1S/C9H5Cl2F2N5/c10-6-3(12)1-4(7(11)8(6)13)17-18-5(2-14)9(15)16/h1,17H,(H3,15,16)/b18-5+. The normalized spacial score (nSPS) is 10.9. The van der Waals surface area contributed by atoms with Gasteiger partial charge in [-0.2, -0.15) is 10.4 Å². The summed E-state index contributed by atoms with van der Waals surface area (Å²) in [5.74, 6) is -2.80. The number of nitrogens with zero attached hydrogens (tertiary/aromatic N) is 2. The minimum atomic E-state index is -1.16. The predicted octanol–water partition coefficient (Wildman–Crippen LogP) is 2.50. The first-order valence-electron chi connectivity index (χ1n) is 4.29.